The molecule has 2 aliphatic heterocycles. The van der Waals surface area contributed by atoms with Crippen molar-refractivity contribution in [3.05, 3.63) is 23.3 Å². The third-order valence-electron chi connectivity index (χ3n) is 9.05. The van der Waals surface area contributed by atoms with Crippen LogP contribution in [-0.2, 0) is 14.3 Å². The summed E-state index contributed by atoms with van der Waals surface area (Å²) in [6.07, 6.45) is 10.4. The van der Waals surface area contributed by atoms with E-state index in [-0.39, 0.29) is 34.6 Å². The van der Waals surface area contributed by atoms with Crippen LogP contribution in [0.5, 0.6) is 0 Å². The van der Waals surface area contributed by atoms with E-state index in [1.807, 2.05) is 0 Å². The van der Waals surface area contributed by atoms with E-state index in [0.29, 0.717) is 12.0 Å². The fraction of sp³-hybridized carbons (Fsp3) is 0.750. The van der Waals surface area contributed by atoms with E-state index in [4.69, 9.17) is 15.3 Å². The van der Waals surface area contributed by atoms with Crippen LogP contribution in [-0.4, -0.2) is 54.0 Å². The predicted molar refractivity (Wildman–Crippen MR) is 116 cm³/mol. The van der Waals surface area contributed by atoms with Crippen LogP contribution in [0.25, 0.3) is 0 Å². The van der Waals surface area contributed by atoms with Gasteiger partial charge >= 0.3 is 5.97 Å². The summed E-state index contributed by atoms with van der Waals surface area (Å²) in [5.41, 5.74) is 2.97. The average Bonchev–Trinajstić information content (AvgIpc) is 3.19. The lowest BCUT2D eigenvalue weighted by molar-refractivity contribution is -0.167. The first-order valence-electron chi connectivity index (χ1n) is 11.4. The average molecular weight is 414 g/mol. The molecule has 3 aliphatic carbocycles. The Morgan fingerprint density at radius 2 is 2.13 bits per heavy atom. The molecule has 2 spiro atoms. The zero-order chi connectivity index (χ0) is 21.5. The van der Waals surface area contributed by atoms with Crippen molar-refractivity contribution in [3.8, 4) is 0 Å². The van der Waals surface area contributed by atoms with Gasteiger partial charge in [0, 0.05) is 41.5 Å². The summed E-state index contributed by atoms with van der Waals surface area (Å²) in [7, 11) is 4.24. The first-order valence-corrected chi connectivity index (χ1v) is 11.4. The van der Waals surface area contributed by atoms with E-state index in [1.165, 1.54) is 18.1 Å². The number of carbonyl (C=O) groups excluding carboxylic acids is 1. The number of allylic oxidation sites excluding steroid dienone is 1. The standard InChI is InChI=1S/C24H35N3O3/c1-14-18(27(4)5)13-23-10-11-24(30-23)16(12-17(23)21(14)29-15(2)28)8-9-22(3)19(24)6-7-20(22)26-25/h8,12,14,18-19,21H,6-7,9-11,13,25H2,1-5H3/b26-20+/t14-,18+,19-,21+,22+,23-,24-/m1/s1. The second-order valence-corrected chi connectivity index (χ2v) is 10.7. The van der Waals surface area contributed by atoms with Crippen LogP contribution < -0.4 is 5.84 Å². The zero-order valence-corrected chi connectivity index (χ0v) is 18.9. The molecule has 164 valence electrons. The van der Waals surface area contributed by atoms with Crippen molar-refractivity contribution in [2.45, 2.75) is 82.6 Å². The first kappa shape index (κ1) is 20.3. The summed E-state index contributed by atoms with van der Waals surface area (Å²) < 4.78 is 13.2. The Morgan fingerprint density at radius 3 is 2.80 bits per heavy atom. The molecule has 0 radical (unpaired) electrons. The fourth-order valence-electron chi connectivity index (χ4n) is 7.59. The van der Waals surface area contributed by atoms with Crippen molar-refractivity contribution < 1.29 is 14.3 Å². The summed E-state index contributed by atoms with van der Waals surface area (Å²) in [6, 6.07) is 0.298. The topological polar surface area (TPSA) is 77.1 Å². The maximum Gasteiger partial charge on any atom is 0.303 e. The third-order valence-corrected chi connectivity index (χ3v) is 9.05. The molecule has 6 heteroatoms. The maximum atomic E-state index is 12.0. The van der Waals surface area contributed by atoms with Gasteiger partial charge in [-0.25, -0.2) is 0 Å². The fourth-order valence-corrected chi connectivity index (χ4v) is 7.59. The van der Waals surface area contributed by atoms with E-state index in [9.17, 15) is 4.79 Å². The molecule has 0 aromatic carbocycles. The van der Waals surface area contributed by atoms with E-state index < -0.39 is 0 Å². The van der Waals surface area contributed by atoms with Gasteiger partial charge in [0.05, 0.1) is 11.2 Å². The zero-order valence-electron chi connectivity index (χ0n) is 18.9. The Balaban J connectivity index is 1.63. The molecule has 0 amide bonds. The third kappa shape index (κ3) is 2.44. The normalized spacial score (nSPS) is 48.0. The summed E-state index contributed by atoms with van der Waals surface area (Å²) >= 11 is 0. The van der Waals surface area contributed by atoms with Crippen LogP contribution in [0.4, 0.5) is 0 Å². The Labute approximate surface area is 179 Å². The molecule has 2 saturated carbocycles. The quantitative estimate of drug-likeness (QED) is 0.427. The molecule has 5 rings (SSSR count). The van der Waals surface area contributed by atoms with Crippen molar-refractivity contribution in [1.82, 2.24) is 4.90 Å². The highest BCUT2D eigenvalue weighted by atomic mass is 16.6. The highest BCUT2D eigenvalue weighted by Crippen LogP contribution is 2.66. The van der Waals surface area contributed by atoms with Gasteiger partial charge in [0.2, 0.25) is 0 Å². The highest BCUT2D eigenvalue weighted by molar-refractivity contribution is 5.93. The Bertz CT molecular complexity index is 877. The lowest BCUT2D eigenvalue weighted by atomic mass is 9.60. The largest absolute Gasteiger partial charge is 0.458 e. The second-order valence-electron chi connectivity index (χ2n) is 10.7. The van der Waals surface area contributed by atoms with Gasteiger partial charge in [0.15, 0.2) is 0 Å². The number of ether oxygens (including phenoxy) is 2. The molecule has 1 saturated heterocycles. The number of rotatable bonds is 2. The highest BCUT2D eigenvalue weighted by Gasteiger charge is 2.68. The van der Waals surface area contributed by atoms with E-state index in [1.54, 1.807) is 0 Å². The minimum absolute atomic E-state index is 0.0205. The summed E-state index contributed by atoms with van der Waals surface area (Å²) in [5.74, 6) is 6.18. The molecule has 2 heterocycles. The number of hydrogen-bond acceptors (Lipinski definition) is 6. The van der Waals surface area contributed by atoms with Crippen LogP contribution in [0, 0.1) is 17.3 Å². The molecule has 30 heavy (non-hydrogen) atoms. The van der Waals surface area contributed by atoms with Crippen LogP contribution in [0.1, 0.15) is 59.3 Å². The van der Waals surface area contributed by atoms with Crippen molar-refractivity contribution >= 4 is 11.7 Å². The molecule has 2 bridgehead atoms. The lowest BCUT2D eigenvalue weighted by Crippen LogP contribution is -2.60. The van der Waals surface area contributed by atoms with Crippen molar-refractivity contribution in [3.63, 3.8) is 0 Å². The molecular weight excluding hydrogens is 378 g/mol. The van der Waals surface area contributed by atoms with Gasteiger partial charge in [-0.2, -0.15) is 5.10 Å². The minimum atomic E-state index is -0.347. The number of hydrazone groups is 1. The summed E-state index contributed by atoms with van der Waals surface area (Å²) in [5, 5.41) is 4.18. The molecule has 7 atom stereocenters. The van der Waals surface area contributed by atoms with Gasteiger partial charge < -0.3 is 20.2 Å². The van der Waals surface area contributed by atoms with E-state index in [0.717, 1.165) is 44.2 Å². The van der Waals surface area contributed by atoms with Crippen molar-refractivity contribution in [2.75, 3.05) is 14.1 Å². The van der Waals surface area contributed by atoms with Crippen LogP contribution in [0.2, 0.25) is 0 Å². The van der Waals surface area contributed by atoms with Gasteiger partial charge in [-0.3, -0.25) is 4.79 Å². The summed E-state index contributed by atoms with van der Waals surface area (Å²) in [6.45, 7) is 6.04. The molecule has 0 unspecified atom stereocenters. The van der Waals surface area contributed by atoms with Gasteiger partial charge in [0.25, 0.3) is 0 Å². The number of nitrogens with two attached hydrogens (primary N) is 1. The van der Waals surface area contributed by atoms with Crippen LogP contribution >= 0.6 is 0 Å². The molecule has 0 aromatic rings. The van der Waals surface area contributed by atoms with Gasteiger partial charge in [0.1, 0.15) is 6.10 Å². The SMILES string of the molecule is CC(=O)O[C@@H]1C2=CC3=CC[C@]4(C)/C(=N/N)CC[C@H]4[C@@]34CC[C@]2(C[C@H](N(C)C)[C@H]1C)O4. The molecule has 2 N–H and O–H groups in total. The smallest absolute Gasteiger partial charge is 0.303 e. The van der Waals surface area contributed by atoms with Gasteiger partial charge in [-0.05, 0) is 58.2 Å². The summed E-state index contributed by atoms with van der Waals surface area (Å²) in [4.78, 5) is 14.3. The molecule has 5 aliphatic rings. The number of esters is 1. The van der Waals surface area contributed by atoms with E-state index in [2.05, 4.69) is 50.1 Å². The Hall–Kier alpha value is -1.66. The monoisotopic (exact) mass is 413 g/mol. The second kappa shape index (κ2) is 6.42. The molecule has 3 fully saturated rings. The van der Waals surface area contributed by atoms with E-state index >= 15 is 0 Å². The predicted octanol–water partition coefficient (Wildman–Crippen LogP) is 3.18. The van der Waals surface area contributed by atoms with Crippen molar-refractivity contribution in [2.24, 2.45) is 28.2 Å². The minimum Gasteiger partial charge on any atom is -0.458 e. The molecule has 6 nitrogen and oxygen atoms in total. The Kier molecular flexibility index (Phi) is 4.34. The van der Waals surface area contributed by atoms with Gasteiger partial charge in [-0.15, -0.1) is 0 Å². The Morgan fingerprint density at radius 1 is 1.37 bits per heavy atom. The van der Waals surface area contributed by atoms with Crippen molar-refractivity contribution in [1.29, 1.82) is 0 Å². The number of nitrogens with zero attached hydrogens (tertiary/aromatic N) is 2. The lowest BCUT2D eigenvalue weighted by Gasteiger charge is -2.56. The van der Waals surface area contributed by atoms with Crippen LogP contribution in [0.15, 0.2) is 28.4 Å². The first-order chi connectivity index (χ1) is 14.2. The molecular formula is C24H35N3O3. The molecule has 0 aromatic heterocycles. The number of hydrogen-bond donors (Lipinski definition) is 1. The van der Waals surface area contributed by atoms with Crippen LogP contribution in [0.3, 0.4) is 0 Å². The number of fused-ring (bicyclic) bond motifs is 1. The van der Waals surface area contributed by atoms with Gasteiger partial charge in [-0.1, -0.05) is 26.0 Å². The number of carbonyl (C=O) groups is 1. The maximum absolute atomic E-state index is 12.0.